The first-order chi connectivity index (χ1) is 6.77. The van der Waals surface area contributed by atoms with Gasteiger partial charge in [0, 0.05) is 12.5 Å². The highest BCUT2D eigenvalue weighted by Crippen LogP contribution is 2.18. The molecule has 0 bridgehead atoms. The average molecular weight is 196 g/mol. The maximum absolute atomic E-state index is 10.6. The largest absolute Gasteiger partial charge is 0.314 e. The van der Waals surface area contributed by atoms with E-state index in [-0.39, 0.29) is 5.69 Å². The van der Waals surface area contributed by atoms with Crippen LogP contribution in [0.5, 0.6) is 0 Å². The van der Waals surface area contributed by atoms with Crippen molar-refractivity contribution in [3.8, 4) is 0 Å². The summed E-state index contributed by atoms with van der Waals surface area (Å²) >= 11 is 0. The van der Waals surface area contributed by atoms with Gasteiger partial charge in [-0.05, 0) is 19.4 Å². The van der Waals surface area contributed by atoms with Crippen LogP contribution in [-0.4, -0.2) is 27.7 Å². The van der Waals surface area contributed by atoms with Crippen LogP contribution in [0.3, 0.4) is 0 Å². The fourth-order valence-corrected chi connectivity index (χ4v) is 1.79. The molecule has 14 heavy (non-hydrogen) atoms. The van der Waals surface area contributed by atoms with Gasteiger partial charge in [0.1, 0.15) is 11.9 Å². The summed E-state index contributed by atoms with van der Waals surface area (Å²) in [6.45, 7) is 1.01. The first-order valence-electron chi connectivity index (χ1n) is 4.67. The molecule has 1 fully saturated rings. The molecule has 1 unspecified atom stereocenters. The number of rotatable bonds is 3. The number of hydrogen-bond donors (Lipinski definition) is 2. The number of aromatic amines is 1. The predicted molar refractivity (Wildman–Crippen MR) is 50.0 cm³/mol. The summed E-state index contributed by atoms with van der Waals surface area (Å²) in [6, 6.07) is 0.356. The van der Waals surface area contributed by atoms with Gasteiger partial charge in [0.15, 0.2) is 0 Å². The maximum Gasteiger partial charge on any atom is 0.309 e. The number of nitro groups is 1. The lowest BCUT2D eigenvalue weighted by molar-refractivity contribution is -0.385. The molecule has 1 aromatic heterocycles. The molecule has 0 radical (unpaired) electrons. The number of nitrogens with zero attached hydrogens (tertiary/aromatic N) is 2. The molecule has 1 aromatic rings. The third kappa shape index (κ3) is 1.74. The number of nitrogens with one attached hydrogen (secondary N) is 2. The predicted octanol–water partition coefficient (Wildman–Crippen LogP) is 0.612. The summed E-state index contributed by atoms with van der Waals surface area (Å²) < 4.78 is 0. The van der Waals surface area contributed by atoms with Gasteiger partial charge in [-0.1, -0.05) is 0 Å². The van der Waals surface area contributed by atoms with Crippen molar-refractivity contribution in [2.24, 2.45) is 0 Å². The molecule has 0 aliphatic carbocycles. The van der Waals surface area contributed by atoms with Crippen molar-refractivity contribution in [3.63, 3.8) is 0 Å². The Kier molecular flexibility index (Phi) is 2.45. The second-order valence-corrected chi connectivity index (χ2v) is 3.49. The molecular weight excluding hydrogens is 184 g/mol. The van der Waals surface area contributed by atoms with Crippen LogP contribution in [-0.2, 0) is 6.42 Å². The normalized spacial score (nSPS) is 21.3. The van der Waals surface area contributed by atoms with Gasteiger partial charge in [0.2, 0.25) is 0 Å². The first-order valence-corrected chi connectivity index (χ1v) is 4.67. The maximum atomic E-state index is 10.6. The van der Waals surface area contributed by atoms with E-state index in [4.69, 9.17) is 0 Å². The van der Waals surface area contributed by atoms with Crippen molar-refractivity contribution >= 4 is 5.69 Å². The van der Waals surface area contributed by atoms with Gasteiger partial charge in [-0.3, -0.25) is 15.2 Å². The highest BCUT2D eigenvalue weighted by molar-refractivity contribution is 5.32. The van der Waals surface area contributed by atoms with Crippen LogP contribution >= 0.6 is 0 Å². The third-order valence-electron chi connectivity index (χ3n) is 2.51. The quantitative estimate of drug-likeness (QED) is 0.548. The molecule has 2 N–H and O–H groups in total. The Labute approximate surface area is 80.9 Å². The van der Waals surface area contributed by atoms with Crippen molar-refractivity contribution in [2.45, 2.75) is 25.3 Å². The summed E-state index contributed by atoms with van der Waals surface area (Å²) in [5.74, 6) is 0. The molecule has 76 valence electrons. The van der Waals surface area contributed by atoms with Crippen molar-refractivity contribution in [3.05, 3.63) is 22.0 Å². The lowest BCUT2D eigenvalue weighted by Crippen LogP contribution is -2.24. The van der Waals surface area contributed by atoms with Gasteiger partial charge in [0.25, 0.3) is 0 Å². The van der Waals surface area contributed by atoms with E-state index in [9.17, 15) is 10.1 Å². The number of H-pyrrole nitrogens is 1. The zero-order valence-electron chi connectivity index (χ0n) is 7.69. The Hall–Kier alpha value is -1.43. The molecule has 0 spiro atoms. The molecule has 1 aliphatic heterocycles. The molecule has 6 heteroatoms. The fourth-order valence-electron chi connectivity index (χ4n) is 1.79. The highest BCUT2D eigenvalue weighted by atomic mass is 16.6. The molecule has 0 amide bonds. The Morgan fingerprint density at radius 1 is 1.71 bits per heavy atom. The Morgan fingerprint density at radius 3 is 3.21 bits per heavy atom. The Balaban J connectivity index is 2.07. The van der Waals surface area contributed by atoms with E-state index in [0.717, 1.165) is 19.4 Å². The summed E-state index contributed by atoms with van der Waals surface area (Å²) in [5.41, 5.74) is 0.716. The zero-order chi connectivity index (χ0) is 9.97. The minimum atomic E-state index is -0.395. The standard InChI is InChI=1S/C8H12N4O2/c13-12(14)8-5-10-11-7(8)4-6-2-1-3-9-6/h5-6,9H,1-4H2,(H,10,11). The first kappa shape index (κ1) is 9.14. The van der Waals surface area contributed by atoms with E-state index in [1.54, 1.807) is 0 Å². The number of aromatic nitrogens is 2. The second-order valence-electron chi connectivity index (χ2n) is 3.49. The number of hydrogen-bond acceptors (Lipinski definition) is 4. The molecule has 0 saturated carbocycles. The van der Waals surface area contributed by atoms with Gasteiger partial charge in [-0.25, -0.2) is 0 Å². The average Bonchev–Trinajstić information content (AvgIpc) is 2.75. The molecule has 1 atom stereocenters. The summed E-state index contributed by atoms with van der Waals surface area (Å²) in [5, 5.41) is 20.2. The van der Waals surface area contributed by atoms with Crippen LogP contribution in [0.15, 0.2) is 6.20 Å². The molecule has 1 aliphatic rings. The van der Waals surface area contributed by atoms with Gasteiger partial charge >= 0.3 is 5.69 Å². The lowest BCUT2D eigenvalue weighted by Gasteiger charge is -2.06. The van der Waals surface area contributed by atoms with Gasteiger partial charge < -0.3 is 5.32 Å². The fraction of sp³-hybridized carbons (Fsp3) is 0.625. The zero-order valence-corrected chi connectivity index (χ0v) is 7.69. The van der Waals surface area contributed by atoms with Crippen LogP contribution < -0.4 is 5.32 Å². The second kappa shape index (κ2) is 3.75. The molecule has 2 heterocycles. The van der Waals surface area contributed by atoms with E-state index >= 15 is 0 Å². The molecular formula is C8H12N4O2. The van der Waals surface area contributed by atoms with Gasteiger partial charge in [0.05, 0.1) is 4.92 Å². The highest BCUT2D eigenvalue weighted by Gasteiger charge is 2.21. The van der Waals surface area contributed by atoms with Crippen LogP contribution in [0.1, 0.15) is 18.5 Å². The van der Waals surface area contributed by atoms with Crippen LogP contribution in [0.2, 0.25) is 0 Å². The van der Waals surface area contributed by atoms with Crippen LogP contribution in [0.4, 0.5) is 5.69 Å². The SMILES string of the molecule is O=[N+]([O-])c1cn[nH]c1CC1CCCN1. The van der Waals surface area contributed by atoms with Gasteiger partial charge in [-0.2, -0.15) is 5.10 Å². The molecule has 2 rings (SSSR count). The third-order valence-corrected chi connectivity index (χ3v) is 2.51. The van der Waals surface area contributed by atoms with Crippen LogP contribution in [0.25, 0.3) is 0 Å². The van der Waals surface area contributed by atoms with E-state index in [1.807, 2.05) is 0 Å². The van der Waals surface area contributed by atoms with Crippen molar-refractivity contribution in [1.82, 2.24) is 15.5 Å². The monoisotopic (exact) mass is 196 g/mol. The van der Waals surface area contributed by atoms with E-state index < -0.39 is 4.92 Å². The van der Waals surface area contributed by atoms with Gasteiger partial charge in [-0.15, -0.1) is 0 Å². The molecule has 0 aromatic carbocycles. The topological polar surface area (TPSA) is 83.8 Å². The minimum absolute atomic E-state index is 0.0960. The lowest BCUT2D eigenvalue weighted by atomic mass is 10.1. The molecule has 6 nitrogen and oxygen atoms in total. The Morgan fingerprint density at radius 2 is 2.57 bits per heavy atom. The summed E-state index contributed by atoms with van der Waals surface area (Å²) in [6.07, 6.45) is 4.16. The summed E-state index contributed by atoms with van der Waals surface area (Å²) in [4.78, 5) is 10.2. The van der Waals surface area contributed by atoms with Crippen molar-refractivity contribution in [1.29, 1.82) is 0 Å². The smallest absolute Gasteiger partial charge is 0.309 e. The van der Waals surface area contributed by atoms with Crippen molar-refractivity contribution in [2.75, 3.05) is 6.54 Å². The summed E-state index contributed by atoms with van der Waals surface area (Å²) in [7, 11) is 0. The Bertz CT molecular complexity index is 330. The van der Waals surface area contributed by atoms with Crippen molar-refractivity contribution < 1.29 is 4.92 Å². The molecule has 1 saturated heterocycles. The van der Waals surface area contributed by atoms with Crippen LogP contribution in [0, 0.1) is 10.1 Å². The van der Waals surface area contributed by atoms with E-state index in [2.05, 4.69) is 15.5 Å². The van der Waals surface area contributed by atoms with E-state index in [0.29, 0.717) is 18.2 Å². The van der Waals surface area contributed by atoms with E-state index in [1.165, 1.54) is 6.20 Å². The minimum Gasteiger partial charge on any atom is -0.314 e.